The van der Waals surface area contributed by atoms with Gasteiger partial charge in [-0.05, 0) is 63.2 Å². The van der Waals surface area contributed by atoms with Gasteiger partial charge in [0.1, 0.15) is 5.82 Å². The fraction of sp³-hybridized carbons (Fsp3) is 0.737. The molecular formula is C19H24F3N3O. The SMILES string of the molecule is Cc1nc2c(c(C(F)(F)F)n1)C[C@@H](C(=O)NCC1(C3CC3)CCC1)CC2. The molecule has 0 aromatic carbocycles. The molecule has 3 aliphatic rings. The molecule has 7 heteroatoms. The first-order chi connectivity index (χ1) is 12.3. The number of hydrogen-bond donors (Lipinski definition) is 1. The number of nitrogens with zero attached hydrogens (tertiary/aromatic N) is 2. The lowest BCUT2D eigenvalue weighted by atomic mass is 9.65. The van der Waals surface area contributed by atoms with Gasteiger partial charge in [0.15, 0.2) is 5.69 Å². The van der Waals surface area contributed by atoms with Crippen molar-refractivity contribution in [3.05, 3.63) is 22.8 Å². The third-order valence-corrected chi connectivity index (χ3v) is 6.43. The van der Waals surface area contributed by atoms with E-state index in [2.05, 4.69) is 15.3 Å². The van der Waals surface area contributed by atoms with Gasteiger partial charge in [0.2, 0.25) is 5.91 Å². The molecule has 26 heavy (non-hydrogen) atoms. The summed E-state index contributed by atoms with van der Waals surface area (Å²) in [5.41, 5.74) is -0.0529. The van der Waals surface area contributed by atoms with Gasteiger partial charge in [-0.2, -0.15) is 13.2 Å². The van der Waals surface area contributed by atoms with Crippen LogP contribution >= 0.6 is 0 Å². The average Bonchev–Trinajstić information content (AvgIpc) is 3.36. The predicted octanol–water partition coefficient (Wildman–Crippen LogP) is 3.61. The van der Waals surface area contributed by atoms with Crippen LogP contribution in [-0.2, 0) is 23.8 Å². The van der Waals surface area contributed by atoms with Gasteiger partial charge in [0, 0.05) is 23.7 Å². The normalized spacial score (nSPS) is 24.5. The quantitative estimate of drug-likeness (QED) is 0.885. The van der Waals surface area contributed by atoms with Gasteiger partial charge < -0.3 is 5.32 Å². The summed E-state index contributed by atoms with van der Waals surface area (Å²) in [6.45, 7) is 2.15. The molecule has 1 aromatic heterocycles. The fourth-order valence-corrected chi connectivity index (χ4v) is 4.66. The van der Waals surface area contributed by atoms with Gasteiger partial charge in [-0.3, -0.25) is 4.79 Å². The van der Waals surface area contributed by atoms with Crippen LogP contribution in [0.4, 0.5) is 13.2 Å². The molecule has 0 bridgehead atoms. The zero-order valence-electron chi connectivity index (χ0n) is 15.0. The number of alkyl halides is 3. The maximum Gasteiger partial charge on any atom is 0.433 e. The molecule has 2 saturated carbocycles. The minimum absolute atomic E-state index is 0.0761. The summed E-state index contributed by atoms with van der Waals surface area (Å²) in [4.78, 5) is 20.4. The van der Waals surface area contributed by atoms with Crippen LogP contribution in [0.15, 0.2) is 0 Å². The Morgan fingerprint density at radius 2 is 1.96 bits per heavy atom. The lowest BCUT2D eigenvalue weighted by Gasteiger charge is -2.43. The van der Waals surface area contributed by atoms with Crippen LogP contribution in [-0.4, -0.2) is 22.4 Å². The smallest absolute Gasteiger partial charge is 0.355 e. The maximum absolute atomic E-state index is 13.3. The van der Waals surface area contributed by atoms with E-state index in [-0.39, 0.29) is 29.1 Å². The topological polar surface area (TPSA) is 54.9 Å². The Bertz CT molecular complexity index is 723. The summed E-state index contributed by atoms with van der Waals surface area (Å²) >= 11 is 0. The van der Waals surface area contributed by atoms with Gasteiger partial charge in [0.25, 0.3) is 0 Å². The second-order valence-corrected chi connectivity index (χ2v) is 8.19. The number of hydrogen-bond acceptors (Lipinski definition) is 3. The number of carbonyl (C=O) groups is 1. The third kappa shape index (κ3) is 3.21. The lowest BCUT2D eigenvalue weighted by molar-refractivity contribution is -0.142. The molecule has 1 aromatic rings. The Kier molecular flexibility index (Phi) is 4.23. The molecule has 1 atom stereocenters. The number of amides is 1. The van der Waals surface area contributed by atoms with E-state index in [1.54, 1.807) is 0 Å². The number of aromatic nitrogens is 2. The summed E-state index contributed by atoms with van der Waals surface area (Å²) in [5.74, 6) is 0.328. The molecule has 0 saturated heterocycles. The van der Waals surface area contributed by atoms with Crippen molar-refractivity contribution in [2.75, 3.05) is 6.54 Å². The average molecular weight is 367 g/mol. The third-order valence-electron chi connectivity index (χ3n) is 6.43. The molecule has 0 unspecified atom stereocenters. The van der Waals surface area contributed by atoms with Crippen LogP contribution in [0.1, 0.15) is 61.3 Å². The molecular weight excluding hydrogens is 343 g/mol. The minimum atomic E-state index is -4.52. The van der Waals surface area contributed by atoms with Crippen LogP contribution < -0.4 is 5.32 Å². The summed E-state index contributed by atoms with van der Waals surface area (Å²) in [6, 6.07) is 0. The number of aryl methyl sites for hydroxylation is 2. The van der Waals surface area contributed by atoms with Crippen LogP contribution in [0, 0.1) is 24.2 Å². The molecule has 1 amide bonds. The fourth-order valence-electron chi connectivity index (χ4n) is 4.66. The van der Waals surface area contributed by atoms with E-state index in [1.807, 2.05) is 0 Å². The van der Waals surface area contributed by atoms with Crippen LogP contribution in [0.2, 0.25) is 0 Å². The van der Waals surface area contributed by atoms with Crippen molar-refractivity contribution in [1.82, 2.24) is 15.3 Å². The molecule has 0 aliphatic heterocycles. The van der Waals surface area contributed by atoms with Gasteiger partial charge in [-0.15, -0.1) is 0 Å². The van der Waals surface area contributed by atoms with Crippen LogP contribution in [0.25, 0.3) is 0 Å². The summed E-state index contributed by atoms with van der Waals surface area (Å²) < 4.78 is 40.0. The van der Waals surface area contributed by atoms with Crippen molar-refractivity contribution in [1.29, 1.82) is 0 Å². The van der Waals surface area contributed by atoms with E-state index in [9.17, 15) is 18.0 Å². The zero-order chi connectivity index (χ0) is 18.5. The second-order valence-electron chi connectivity index (χ2n) is 8.19. The van der Waals surface area contributed by atoms with Crippen LogP contribution in [0.5, 0.6) is 0 Å². The van der Waals surface area contributed by atoms with Crippen molar-refractivity contribution < 1.29 is 18.0 Å². The van der Waals surface area contributed by atoms with E-state index in [0.717, 1.165) is 18.8 Å². The van der Waals surface area contributed by atoms with E-state index in [1.165, 1.54) is 26.2 Å². The highest BCUT2D eigenvalue weighted by Gasteiger charge is 2.49. The number of rotatable bonds is 4. The number of nitrogens with one attached hydrogen (secondary N) is 1. The van der Waals surface area contributed by atoms with Crippen LogP contribution in [0.3, 0.4) is 0 Å². The van der Waals surface area contributed by atoms with Gasteiger partial charge in [0.05, 0.1) is 0 Å². The summed E-state index contributed by atoms with van der Waals surface area (Å²) in [7, 11) is 0. The molecule has 142 valence electrons. The standard InChI is InChI=1S/C19H24F3N3O/c1-11-24-15-6-3-12(9-14(15)16(25-11)19(20,21)22)17(26)23-10-18(7-2-8-18)13-4-5-13/h12-13H,2-10H2,1H3,(H,23,26)/t12-/m0/s1. The van der Waals surface area contributed by atoms with Gasteiger partial charge >= 0.3 is 6.18 Å². The van der Waals surface area contributed by atoms with E-state index >= 15 is 0 Å². The molecule has 2 fully saturated rings. The highest BCUT2D eigenvalue weighted by atomic mass is 19.4. The van der Waals surface area contributed by atoms with Crippen molar-refractivity contribution in [3.63, 3.8) is 0 Å². The maximum atomic E-state index is 13.3. The Morgan fingerprint density at radius 3 is 2.54 bits per heavy atom. The van der Waals surface area contributed by atoms with E-state index in [0.29, 0.717) is 25.1 Å². The number of halogens is 3. The monoisotopic (exact) mass is 367 g/mol. The van der Waals surface area contributed by atoms with Crippen molar-refractivity contribution in [2.45, 2.75) is 64.5 Å². The molecule has 4 nitrogen and oxygen atoms in total. The number of carbonyl (C=O) groups excluding carboxylic acids is 1. The number of fused-ring (bicyclic) bond motifs is 1. The van der Waals surface area contributed by atoms with Gasteiger partial charge in [-0.1, -0.05) is 6.42 Å². The first kappa shape index (κ1) is 17.7. The highest BCUT2D eigenvalue weighted by Crippen LogP contribution is 2.56. The first-order valence-corrected chi connectivity index (χ1v) is 9.50. The molecule has 0 spiro atoms. The molecule has 1 N–H and O–H groups in total. The lowest BCUT2D eigenvalue weighted by Crippen LogP contribution is -2.46. The Labute approximate surface area is 151 Å². The second kappa shape index (κ2) is 6.20. The summed E-state index contributed by atoms with van der Waals surface area (Å²) in [5, 5.41) is 3.06. The Balaban J connectivity index is 1.46. The molecule has 4 rings (SSSR count). The highest BCUT2D eigenvalue weighted by molar-refractivity contribution is 5.79. The van der Waals surface area contributed by atoms with E-state index in [4.69, 9.17) is 0 Å². The molecule has 1 heterocycles. The Morgan fingerprint density at radius 1 is 1.23 bits per heavy atom. The van der Waals surface area contributed by atoms with Crippen molar-refractivity contribution in [3.8, 4) is 0 Å². The van der Waals surface area contributed by atoms with Crippen molar-refractivity contribution in [2.24, 2.45) is 17.3 Å². The van der Waals surface area contributed by atoms with Gasteiger partial charge in [-0.25, -0.2) is 9.97 Å². The summed E-state index contributed by atoms with van der Waals surface area (Å²) in [6.07, 6.45) is 2.54. The minimum Gasteiger partial charge on any atom is -0.355 e. The van der Waals surface area contributed by atoms with E-state index < -0.39 is 17.8 Å². The first-order valence-electron chi connectivity index (χ1n) is 9.50. The largest absolute Gasteiger partial charge is 0.433 e. The molecule has 0 radical (unpaired) electrons. The Hall–Kier alpha value is -1.66. The zero-order valence-corrected chi connectivity index (χ0v) is 15.0. The predicted molar refractivity (Wildman–Crippen MR) is 89.3 cm³/mol. The van der Waals surface area contributed by atoms with Crippen molar-refractivity contribution >= 4 is 5.91 Å². The molecule has 3 aliphatic carbocycles.